The van der Waals surface area contributed by atoms with Crippen LogP contribution in [-0.4, -0.2) is 55.4 Å². The zero-order valence-corrected chi connectivity index (χ0v) is 30.4. The van der Waals surface area contributed by atoms with E-state index in [9.17, 15) is 14.7 Å². The number of ether oxygens (including phenoxy) is 2. The van der Waals surface area contributed by atoms with Gasteiger partial charge in [-0.3, -0.25) is 9.59 Å². The number of thioether (sulfide) groups is 1. The SMILES string of the molecule is COc1cnc(-c2ccc(Cn3c(CC(C)(C)C(=O)O)c(SC(C)(C)C)c4cc(O[C@H](C(C)=O)C5Cc6ccccc6N5)ccc43)cc2)nc1. The van der Waals surface area contributed by atoms with Gasteiger partial charge in [0.25, 0.3) is 0 Å². The fourth-order valence-corrected chi connectivity index (χ4v) is 7.50. The van der Waals surface area contributed by atoms with Crippen molar-refractivity contribution in [3.8, 4) is 22.9 Å². The molecular formula is C40H44N4O5S. The van der Waals surface area contributed by atoms with Gasteiger partial charge in [-0.25, -0.2) is 9.97 Å². The second-order valence-corrected chi connectivity index (χ2v) is 16.4. The summed E-state index contributed by atoms with van der Waals surface area (Å²) in [4.78, 5) is 35.3. The van der Waals surface area contributed by atoms with E-state index in [4.69, 9.17) is 9.47 Å². The Bertz CT molecular complexity index is 2010. The number of fused-ring (bicyclic) bond motifs is 2. The van der Waals surface area contributed by atoms with Crippen LogP contribution in [0.5, 0.6) is 11.5 Å². The number of hydrogen-bond donors (Lipinski definition) is 2. The fraction of sp³-hybridized carbons (Fsp3) is 0.350. The molecule has 0 radical (unpaired) electrons. The topological polar surface area (TPSA) is 116 Å². The summed E-state index contributed by atoms with van der Waals surface area (Å²) in [6.07, 6.45) is 3.63. The second kappa shape index (κ2) is 13.8. The predicted octanol–water partition coefficient (Wildman–Crippen LogP) is 8.07. The molecule has 5 aromatic rings. The first-order chi connectivity index (χ1) is 23.7. The van der Waals surface area contributed by atoms with Gasteiger partial charge in [-0.15, -0.1) is 11.8 Å². The van der Waals surface area contributed by atoms with Crippen molar-refractivity contribution in [3.05, 3.63) is 95.9 Å². The number of Topliss-reactive ketones (excluding diaryl/α,β-unsaturated/α-hetero) is 1. The summed E-state index contributed by atoms with van der Waals surface area (Å²) in [6, 6.07) is 22.0. The average molecular weight is 693 g/mol. The number of nitrogens with one attached hydrogen (secondary N) is 1. The van der Waals surface area contributed by atoms with Crippen molar-refractivity contribution in [2.75, 3.05) is 12.4 Å². The van der Waals surface area contributed by atoms with E-state index in [-0.39, 0.29) is 16.6 Å². The van der Waals surface area contributed by atoms with Gasteiger partial charge in [-0.2, -0.15) is 0 Å². The number of anilines is 1. The van der Waals surface area contributed by atoms with E-state index in [0.29, 0.717) is 36.7 Å². The quantitative estimate of drug-likeness (QED) is 0.125. The maximum absolute atomic E-state index is 13.0. The average Bonchev–Trinajstić information content (AvgIpc) is 3.62. The van der Waals surface area contributed by atoms with Crippen LogP contribution < -0.4 is 14.8 Å². The standard InChI is InChI=1S/C40H44N4O5S/c1-24(45)35(32-18-27-10-8-9-11-31(27)43-32)49-28-16-17-33-30(19-28)36(50-39(2,3)4)34(20-40(5,6)38(46)47)44(33)23-25-12-14-26(15-13-25)37-41-21-29(48-7)22-42-37/h8-17,19,21-22,32,35,43H,18,20,23H2,1-7H3,(H,46,47)/t32?,35-/m1/s1. The number of benzene rings is 3. The van der Waals surface area contributed by atoms with Gasteiger partial charge in [0.2, 0.25) is 0 Å². The van der Waals surface area contributed by atoms with Crippen LogP contribution in [0.3, 0.4) is 0 Å². The largest absolute Gasteiger partial charge is 0.494 e. The molecule has 2 aromatic heterocycles. The zero-order valence-electron chi connectivity index (χ0n) is 29.6. The summed E-state index contributed by atoms with van der Waals surface area (Å²) in [5.41, 5.74) is 5.02. The highest BCUT2D eigenvalue weighted by molar-refractivity contribution is 8.00. The Labute approximate surface area is 297 Å². The van der Waals surface area contributed by atoms with Gasteiger partial charge in [0, 0.05) is 50.5 Å². The number of rotatable bonds is 12. The highest BCUT2D eigenvalue weighted by atomic mass is 32.2. The minimum atomic E-state index is -1.02. The van der Waals surface area contributed by atoms with Crippen molar-refractivity contribution < 1.29 is 24.2 Å². The van der Waals surface area contributed by atoms with Crippen LogP contribution >= 0.6 is 11.8 Å². The monoisotopic (exact) mass is 692 g/mol. The number of hydrogen-bond acceptors (Lipinski definition) is 8. The third-order valence-electron chi connectivity index (χ3n) is 8.93. The van der Waals surface area contributed by atoms with Crippen molar-refractivity contribution in [3.63, 3.8) is 0 Å². The van der Waals surface area contributed by atoms with Crippen molar-refractivity contribution in [1.82, 2.24) is 14.5 Å². The molecule has 1 unspecified atom stereocenters. The number of nitrogens with zero attached hydrogens (tertiary/aromatic N) is 3. The Morgan fingerprint density at radius 1 is 1.00 bits per heavy atom. The van der Waals surface area contributed by atoms with Gasteiger partial charge in [-0.05, 0) is 62.6 Å². The number of carbonyl (C=O) groups excluding carboxylic acids is 1. The molecule has 2 atom stereocenters. The number of carboxylic acid groups (broad SMARTS) is 1. The molecule has 0 amide bonds. The third kappa shape index (κ3) is 7.50. The Morgan fingerprint density at radius 2 is 1.70 bits per heavy atom. The minimum absolute atomic E-state index is 0.0513. The van der Waals surface area contributed by atoms with E-state index in [1.54, 1.807) is 52.0 Å². The lowest BCUT2D eigenvalue weighted by Crippen LogP contribution is -2.41. The van der Waals surface area contributed by atoms with Crippen molar-refractivity contribution in [1.29, 1.82) is 0 Å². The van der Waals surface area contributed by atoms with Crippen molar-refractivity contribution in [2.24, 2.45) is 5.41 Å². The molecule has 1 aliphatic rings. The van der Waals surface area contributed by atoms with Crippen LogP contribution in [-0.2, 0) is 29.0 Å². The number of aliphatic carboxylic acids is 1. The summed E-state index contributed by atoms with van der Waals surface area (Å²) in [5, 5.41) is 14.7. The van der Waals surface area contributed by atoms with Crippen molar-refractivity contribution >= 4 is 40.1 Å². The van der Waals surface area contributed by atoms with E-state index < -0.39 is 17.5 Å². The van der Waals surface area contributed by atoms with E-state index in [1.807, 2.05) is 48.5 Å². The third-order valence-corrected chi connectivity index (χ3v) is 10.2. The number of carbonyl (C=O) groups is 2. The number of ketones is 1. The fourth-order valence-electron chi connectivity index (χ4n) is 6.32. The van der Waals surface area contributed by atoms with Crippen LogP contribution in [0.4, 0.5) is 5.69 Å². The first kappa shape index (κ1) is 35.0. The predicted molar refractivity (Wildman–Crippen MR) is 198 cm³/mol. The van der Waals surface area contributed by atoms with Crippen LogP contribution in [0, 0.1) is 5.41 Å². The second-order valence-electron chi connectivity index (χ2n) is 14.5. The Balaban J connectivity index is 1.40. The van der Waals surface area contributed by atoms with E-state index in [2.05, 4.69) is 58.8 Å². The lowest BCUT2D eigenvalue weighted by molar-refractivity contribution is -0.146. The molecule has 0 aliphatic carbocycles. The summed E-state index contributed by atoms with van der Waals surface area (Å²) < 4.78 is 13.8. The zero-order chi connectivity index (χ0) is 35.8. The van der Waals surface area contributed by atoms with E-state index in [1.165, 1.54) is 5.56 Å². The molecule has 0 spiro atoms. The lowest BCUT2D eigenvalue weighted by Gasteiger charge is -2.24. The number of aromatic nitrogens is 3. The normalized spacial score (nSPS) is 15.0. The number of para-hydroxylation sites is 1. The molecule has 0 fully saturated rings. The number of methoxy groups -OCH3 is 1. The van der Waals surface area contributed by atoms with Gasteiger partial charge in [-0.1, -0.05) is 63.2 Å². The first-order valence-electron chi connectivity index (χ1n) is 16.8. The summed E-state index contributed by atoms with van der Waals surface area (Å²) in [5.74, 6) is 0.880. The van der Waals surface area contributed by atoms with Crippen LogP contribution in [0.25, 0.3) is 22.3 Å². The van der Waals surface area contributed by atoms with E-state index >= 15 is 0 Å². The molecule has 1 aliphatic heterocycles. The number of carboxylic acids is 1. The molecule has 9 nitrogen and oxygen atoms in total. The molecule has 50 heavy (non-hydrogen) atoms. The van der Waals surface area contributed by atoms with E-state index in [0.717, 1.165) is 38.3 Å². The van der Waals surface area contributed by atoms with Crippen LogP contribution in [0.2, 0.25) is 0 Å². The maximum atomic E-state index is 13.0. The Kier molecular flexibility index (Phi) is 9.68. The van der Waals surface area contributed by atoms with Crippen LogP contribution in [0.1, 0.15) is 58.4 Å². The van der Waals surface area contributed by atoms with Gasteiger partial charge >= 0.3 is 5.97 Å². The smallest absolute Gasteiger partial charge is 0.309 e. The molecule has 6 rings (SSSR count). The van der Waals surface area contributed by atoms with Crippen LogP contribution in [0.15, 0.2) is 84.0 Å². The van der Waals surface area contributed by atoms with Gasteiger partial charge in [0.05, 0.1) is 31.0 Å². The summed E-state index contributed by atoms with van der Waals surface area (Å²) in [7, 11) is 1.58. The van der Waals surface area contributed by atoms with Crippen molar-refractivity contribution in [2.45, 2.75) is 82.7 Å². The maximum Gasteiger partial charge on any atom is 0.309 e. The molecule has 0 saturated carbocycles. The Morgan fingerprint density at radius 3 is 2.32 bits per heavy atom. The first-order valence-corrected chi connectivity index (χ1v) is 17.6. The summed E-state index contributed by atoms with van der Waals surface area (Å²) in [6.45, 7) is 12.1. The van der Waals surface area contributed by atoms with Gasteiger partial charge < -0.3 is 24.5 Å². The lowest BCUT2D eigenvalue weighted by atomic mass is 9.88. The molecule has 0 bridgehead atoms. The van der Waals surface area contributed by atoms with Gasteiger partial charge in [0.1, 0.15) is 5.75 Å². The van der Waals surface area contributed by atoms with Gasteiger partial charge in [0.15, 0.2) is 23.5 Å². The molecule has 2 N–H and O–H groups in total. The highest BCUT2D eigenvalue weighted by Gasteiger charge is 2.35. The molecule has 0 saturated heterocycles. The highest BCUT2D eigenvalue weighted by Crippen LogP contribution is 2.44. The molecule has 260 valence electrons. The molecule has 10 heteroatoms. The Hall–Kier alpha value is -4.83. The molecular weight excluding hydrogens is 649 g/mol. The molecule has 3 aromatic carbocycles. The minimum Gasteiger partial charge on any atom is -0.494 e. The summed E-state index contributed by atoms with van der Waals surface area (Å²) >= 11 is 1.72. The molecule has 3 heterocycles.